The van der Waals surface area contributed by atoms with Gasteiger partial charge in [-0.15, -0.1) is 0 Å². The van der Waals surface area contributed by atoms with Gasteiger partial charge in [0.25, 0.3) is 0 Å². The van der Waals surface area contributed by atoms with E-state index >= 15 is 0 Å². The molecule has 1 aromatic carbocycles. The van der Waals surface area contributed by atoms with E-state index in [-0.39, 0.29) is 24.9 Å². The van der Waals surface area contributed by atoms with Gasteiger partial charge in [0.05, 0.1) is 18.2 Å². The second-order valence-electron chi connectivity index (χ2n) is 4.83. The highest BCUT2D eigenvalue weighted by Gasteiger charge is 2.29. The Morgan fingerprint density at radius 1 is 1.15 bits per heavy atom. The van der Waals surface area contributed by atoms with Gasteiger partial charge < -0.3 is 9.80 Å². The van der Waals surface area contributed by atoms with Crippen LogP contribution in [0.1, 0.15) is 24.5 Å². The van der Waals surface area contributed by atoms with Crippen LogP contribution in [-0.2, 0) is 16.1 Å². The Hall–Kier alpha value is -2.35. The monoisotopic (exact) mass is 271 g/mol. The van der Waals surface area contributed by atoms with E-state index in [1.165, 1.54) is 4.90 Å². The summed E-state index contributed by atoms with van der Waals surface area (Å²) in [5, 5.41) is 9.05. The smallest absolute Gasteiger partial charge is 0.242 e. The van der Waals surface area contributed by atoms with Crippen LogP contribution in [0.2, 0.25) is 0 Å². The first-order valence-corrected chi connectivity index (χ1v) is 6.69. The fraction of sp³-hybridized carbons (Fsp3) is 0.400. The Labute approximate surface area is 118 Å². The number of nitriles is 1. The lowest BCUT2D eigenvalue weighted by molar-refractivity contribution is -0.150. The Morgan fingerprint density at radius 3 is 2.50 bits per heavy atom. The summed E-state index contributed by atoms with van der Waals surface area (Å²) >= 11 is 0. The summed E-state index contributed by atoms with van der Waals surface area (Å²) < 4.78 is 0. The molecule has 5 nitrogen and oxygen atoms in total. The predicted molar refractivity (Wildman–Crippen MR) is 73.4 cm³/mol. The largest absolute Gasteiger partial charge is 0.332 e. The summed E-state index contributed by atoms with van der Waals surface area (Å²) in [7, 11) is 0. The SMILES string of the molecule is CCCN1CC(=O)N(Cc2ccccc2C#N)CC1=O. The van der Waals surface area contributed by atoms with Crippen molar-refractivity contribution in [3.05, 3.63) is 35.4 Å². The number of carbonyl (C=O) groups is 2. The molecule has 20 heavy (non-hydrogen) atoms. The summed E-state index contributed by atoms with van der Waals surface area (Å²) in [5.74, 6) is -0.0910. The maximum Gasteiger partial charge on any atom is 0.242 e. The van der Waals surface area contributed by atoms with E-state index in [1.54, 1.807) is 17.0 Å². The fourth-order valence-corrected chi connectivity index (χ4v) is 2.29. The Morgan fingerprint density at radius 2 is 1.80 bits per heavy atom. The molecule has 0 unspecified atom stereocenters. The number of carbonyl (C=O) groups excluding carboxylic acids is 2. The molecule has 1 aliphatic rings. The average molecular weight is 271 g/mol. The zero-order valence-corrected chi connectivity index (χ0v) is 11.5. The van der Waals surface area contributed by atoms with Crippen LogP contribution in [0.4, 0.5) is 0 Å². The second kappa shape index (κ2) is 6.20. The van der Waals surface area contributed by atoms with E-state index in [9.17, 15) is 9.59 Å². The number of hydrogen-bond acceptors (Lipinski definition) is 3. The van der Waals surface area contributed by atoms with E-state index in [4.69, 9.17) is 5.26 Å². The van der Waals surface area contributed by atoms with Gasteiger partial charge in [-0.2, -0.15) is 5.26 Å². The van der Waals surface area contributed by atoms with Crippen molar-refractivity contribution in [1.82, 2.24) is 9.80 Å². The molecule has 0 aliphatic carbocycles. The lowest BCUT2D eigenvalue weighted by Gasteiger charge is -2.33. The van der Waals surface area contributed by atoms with Crippen molar-refractivity contribution in [1.29, 1.82) is 5.26 Å². The molecule has 1 saturated heterocycles. The Bertz CT molecular complexity index is 562. The molecule has 0 spiro atoms. The summed E-state index contributed by atoms with van der Waals surface area (Å²) in [6.07, 6.45) is 0.844. The number of rotatable bonds is 4. The predicted octanol–water partition coefficient (Wildman–Crippen LogP) is 1.14. The first-order chi connectivity index (χ1) is 9.65. The molecule has 1 heterocycles. The van der Waals surface area contributed by atoms with Crippen molar-refractivity contribution in [3.8, 4) is 6.07 Å². The third-order valence-corrected chi connectivity index (χ3v) is 3.35. The van der Waals surface area contributed by atoms with Crippen molar-refractivity contribution >= 4 is 11.8 Å². The van der Waals surface area contributed by atoms with Crippen molar-refractivity contribution in [2.75, 3.05) is 19.6 Å². The van der Waals surface area contributed by atoms with E-state index < -0.39 is 0 Å². The Kier molecular flexibility index (Phi) is 4.36. The van der Waals surface area contributed by atoms with Crippen LogP contribution >= 0.6 is 0 Å². The van der Waals surface area contributed by atoms with Crippen LogP contribution < -0.4 is 0 Å². The first-order valence-electron chi connectivity index (χ1n) is 6.69. The van der Waals surface area contributed by atoms with Crippen LogP contribution in [0.15, 0.2) is 24.3 Å². The molecule has 1 fully saturated rings. The highest BCUT2D eigenvalue weighted by molar-refractivity contribution is 5.92. The van der Waals surface area contributed by atoms with Gasteiger partial charge in [-0.1, -0.05) is 25.1 Å². The lowest BCUT2D eigenvalue weighted by Crippen LogP contribution is -2.53. The number of piperazine rings is 1. The zero-order valence-electron chi connectivity index (χ0n) is 11.5. The highest BCUT2D eigenvalue weighted by Crippen LogP contribution is 2.14. The minimum atomic E-state index is -0.0641. The molecule has 1 aliphatic heterocycles. The first kappa shape index (κ1) is 14.1. The van der Waals surface area contributed by atoms with Crippen molar-refractivity contribution in [3.63, 3.8) is 0 Å². The highest BCUT2D eigenvalue weighted by atomic mass is 16.2. The maximum absolute atomic E-state index is 12.1. The minimum Gasteiger partial charge on any atom is -0.332 e. The summed E-state index contributed by atoms with van der Waals surface area (Å²) in [6, 6.07) is 9.25. The zero-order chi connectivity index (χ0) is 14.5. The molecule has 5 heteroatoms. The minimum absolute atomic E-state index is 0.0270. The van der Waals surface area contributed by atoms with Gasteiger partial charge in [0.2, 0.25) is 11.8 Å². The van der Waals surface area contributed by atoms with E-state index in [1.807, 2.05) is 19.1 Å². The van der Waals surface area contributed by atoms with Gasteiger partial charge in [0.15, 0.2) is 0 Å². The third-order valence-electron chi connectivity index (χ3n) is 3.35. The molecule has 2 rings (SSSR count). The second-order valence-corrected chi connectivity index (χ2v) is 4.83. The lowest BCUT2D eigenvalue weighted by atomic mass is 10.1. The summed E-state index contributed by atoms with van der Waals surface area (Å²) in [4.78, 5) is 27.1. The number of nitrogens with zero attached hydrogens (tertiary/aromatic N) is 3. The van der Waals surface area contributed by atoms with Crippen LogP contribution in [-0.4, -0.2) is 41.2 Å². The van der Waals surface area contributed by atoms with Gasteiger partial charge in [-0.3, -0.25) is 9.59 Å². The number of amides is 2. The van der Waals surface area contributed by atoms with Gasteiger partial charge in [-0.05, 0) is 18.1 Å². The van der Waals surface area contributed by atoms with Gasteiger partial charge >= 0.3 is 0 Å². The molecule has 0 saturated carbocycles. The standard InChI is InChI=1S/C15H17N3O2/c1-2-7-17-10-15(20)18(11-14(17)19)9-13-6-4-3-5-12(13)8-16/h3-6H,2,7,9-11H2,1H3. The van der Waals surface area contributed by atoms with Crippen molar-refractivity contribution in [2.24, 2.45) is 0 Å². The van der Waals surface area contributed by atoms with Crippen LogP contribution in [0.5, 0.6) is 0 Å². The maximum atomic E-state index is 12.1. The molecule has 104 valence electrons. The number of hydrogen-bond donors (Lipinski definition) is 0. The molecule has 1 aromatic rings. The average Bonchev–Trinajstić information content (AvgIpc) is 2.45. The third kappa shape index (κ3) is 2.97. The van der Waals surface area contributed by atoms with Crippen molar-refractivity contribution < 1.29 is 9.59 Å². The summed E-state index contributed by atoms with van der Waals surface area (Å²) in [6.45, 7) is 3.15. The van der Waals surface area contributed by atoms with Gasteiger partial charge in [-0.25, -0.2) is 0 Å². The van der Waals surface area contributed by atoms with E-state index in [2.05, 4.69) is 6.07 Å². The van der Waals surface area contributed by atoms with Crippen LogP contribution in [0.25, 0.3) is 0 Å². The number of benzene rings is 1. The molecule has 0 N–H and O–H groups in total. The topological polar surface area (TPSA) is 64.4 Å². The van der Waals surface area contributed by atoms with Gasteiger partial charge in [0, 0.05) is 13.1 Å². The Balaban J connectivity index is 2.09. The van der Waals surface area contributed by atoms with E-state index in [0.29, 0.717) is 18.7 Å². The van der Waals surface area contributed by atoms with Gasteiger partial charge in [0.1, 0.15) is 6.54 Å². The quantitative estimate of drug-likeness (QED) is 0.825. The molecule has 0 bridgehead atoms. The van der Waals surface area contributed by atoms with Crippen LogP contribution in [0, 0.1) is 11.3 Å². The molecule has 0 aromatic heterocycles. The molecular formula is C15H17N3O2. The van der Waals surface area contributed by atoms with E-state index in [0.717, 1.165) is 12.0 Å². The van der Waals surface area contributed by atoms with Crippen LogP contribution in [0.3, 0.4) is 0 Å². The summed E-state index contributed by atoms with van der Waals surface area (Å²) in [5.41, 5.74) is 1.32. The molecule has 0 radical (unpaired) electrons. The molecule has 0 atom stereocenters. The van der Waals surface area contributed by atoms with Crippen molar-refractivity contribution in [2.45, 2.75) is 19.9 Å². The molecular weight excluding hydrogens is 254 g/mol. The normalized spacial score (nSPS) is 15.4. The molecule has 2 amide bonds. The fourth-order valence-electron chi connectivity index (χ4n) is 2.29.